The quantitative estimate of drug-likeness (QED) is 0.895. The number of benzene rings is 2. The first-order chi connectivity index (χ1) is 12.8. The van der Waals surface area contributed by atoms with E-state index >= 15 is 0 Å². The smallest absolute Gasteiger partial charge is 0.182 e. The summed E-state index contributed by atoms with van der Waals surface area (Å²) in [7, 11) is 3.23. The molecular weight excluding hydrogens is 350 g/mol. The van der Waals surface area contributed by atoms with Crippen LogP contribution in [0.3, 0.4) is 0 Å². The predicted molar refractivity (Wildman–Crippen MR) is 104 cm³/mol. The van der Waals surface area contributed by atoms with E-state index in [-0.39, 0.29) is 0 Å². The Balaban J connectivity index is 1.51. The molecule has 2 aliphatic heterocycles. The summed E-state index contributed by atoms with van der Waals surface area (Å²) in [6.45, 7) is 0.764. The van der Waals surface area contributed by atoms with E-state index < -0.39 is 0 Å². The van der Waals surface area contributed by atoms with E-state index in [0.29, 0.717) is 11.5 Å². The van der Waals surface area contributed by atoms with Crippen LogP contribution >= 0.6 is 11.8 Å². The van der Waals surface area contributed by atoms with Crippen LogP contribution in [0.1, 0.15) is 11.1 Å². The van der Waals surface area contributed by atoms with Crippen molar-refractivity contribution in [2.75, 3.05) is 26.6 Å². The summed E-state index contributed by atoms with van der Waals surface area (Å²) >= 11 is 1.62. The van der Waals surface area contributed by atoms with E-state index in [9.17, 15) is 0 Å². The van der Waals surface area contributed by atoms with Gasteiger partial charge in [0.1, 0.15) is 5.75 Å². The molecule has 1 N–H and O–H groups in total. The highest BCUT2D eigenvalue weighted by molar-refractivity contribution is 8.14. The molecule has 6 nitrogen and oxygen atoms in total. The highest BCUT2D eigenvalue weighted by Gasteiger charge is 2.17. The van der Waals surface area contributed by atoms with Crippen molar-refractivity contribution in [3.05, 3.63) is 47.5 Å². The molecule has 2 aromatic rings. The standard InChI is InChI=1S/C19H19N3O3S/c1-23-17-6-4-14(10-18(17)24-2)20-19-22-21-15(11-26-19)12-3-5-16-13(9-12)7-8-25-16/h3-6,9-10H,7-8,11H2,1-2H3,(H,20,22). The Morgan fingerprint density at radius 1 is 1.12 bits per heavy atom. The highest BCUT2D eigenvalue weighted by Crippen LogP contribution is 2.32. The number of nitrogens with zero attached hydrogens (tertiary/aromatic N) is 2. The van der Waals surface area contributed by atoms with Crippen molar-refractivity contribution in [3.63, 3.8) is 0 Å². The van der Waals surface area contributed by atoms with Gasteiger partial charge in [-0.05, 0) is 41.5 Å². The number of hydrazone groups is 1. The molecule has 26 heavy (non-hydrogen) atoms. The molecule has 0 saturated carbocycles. The van der Waals surface area contributed by atoms with Crippen LogP contribution in [-0.4, -0.2) is 37.5 Å². The van der Waals surface area contributed by atoms with Gasteiger partial charge in [0.15, 0.2) is 16.7 Å². The minimum atomic E-state index is 0.653. The number of nitrogens with one attached hydrogen (secondary N) is 1. The van der Waals surface area contributed by atoms with E-state index in [2.05, 4.69) is 27.7 Å². The molecular formula is C19H19N3O3S. The van der Waals surface area contributed by atoms with Crippen LogP contribution in [0, 0.1) is 0 Å². The molecule has 0 bridgehead atoms. The Hall–Kier alpha value is -2.67. The van der Waals surface area contributed by atoms with Crippen molar-refractivity contribution in [3.8, 4) is 17.2 Å². The molecule has 0 spiro atoms. The molecule has 0 unspecified atom stereocenters. The van der Waals surface area contributed by atoms with Gasteiger partial charge < -0.3 is 14.2 Å². The Labute approximate surface area is 156 Å². The minimum Gasteiger partial charge on any atom is -0.493 e. The van der Waals surface area contributed by atoms with Gasteiger partial charge in [-0.15, -0.1) is 0 Å². The molecule has 134 valence electrons. The Kier molecular flexibility index (Phi) is 4.71. The number of ether oxygens (including phenoxy) is 3. The lowest BCUT2D eigenvalue weighted by atomic mass is 10.1. The molecule has 2 aliphatic rings. The molecule has 0 fully saturated rings. The lowest BCUT2D eigenvalue weighted by Gasteiger charge is -2.15. The lowest BCUT2D eigenvalue weighted by molar-refractivity contribution is 0.355. The van der Waals surface area contributed by atoms with Gasteiger partial charge in [-0.2, -0.15) is 5.10 Å². The van der Waals surface area contributed by atoms with Crippen LogP contribution in [0.15, 0.2) is 46.5 Å². The van der Waals surface area contributed by atoms with Gasteiger partial charge >= 0.3 is 0 Å². The SMILES string of the molecule is COc1ccc(N=C2NN=C(c3ccc4c(c3)CCO4)CS2)cc1OC. The molecule has 4 rings (SSSR count). The van der Waals surface area contributed by atoms with Gasteiger partial charge in [0, 0.05) is 18.2 Å². The third-order valence-corrected chi connectivity index (χ3v) is 5.13. The van der Waals surface area contributed by atoms with Gasteiger partial charge in [-0.3, -0.25) is 5.43 Å². The van der Waals surface area contributed by atoms with Gasteiger partial charge in [-0.1, -0.05) is 11.8 Å². The third-order valence-electron chi connectivity index (χ3n) is 4.25. The second-order valence-corrected chi connectivity index (χ2v) is 6.80. The van der Waals surface area contributed by atoms with Gasteiger partial charge in [0.25, 0.3) is 0 Å². The van der Waals surface area contributed by atoms with Crippen molar-refractivity contribution >= 4 is 28.3 Å². The number of thioether (sulfide) groups is 1. The fourth-order valence-electron chi connectivity index (χ4n) is 2.90. The maximum atomic E-state index is 5.56. The Bertz CT molecular complexity index is 896. The van der Waals surface area contributed by atoms with E-state index in [4.69, 9.17) is 14.2 Å². The first-order valence-corrected chi connectivity index (χ1v) is 9.27. The zero-order valence-corrected chi connectivity index (χ0v) is 15.4. The van der Waals surface area contributed by atoms with Crippen LogP contribution in [0.5, 0.6) is 17.2 Å². The molecule has 0 aromatic heterocycles. The topological polar surface area (TPSA) is 64.4 Å². The van der Waals surface area contributed by atoms with Crippen molar-refractivity contribution in [1.82, 2.24) is 5.43 Å². The van der Waals surface area contributed by atoms with Crippen molar-refractivity contribution in [2.24, 2.45) is 10.1 Å². The van der Waals surface area contributed by atoms with E-state index in [1.807, 2.05) is 24.3 Å². The number of aliphatic imine (C=N–C) groups is 1. The third kappa shape index (κ3) is 3.35. The molecule has 0 aliphatic carbocycles. The maximum Gasteiger partial charge on any atom is 0.182 e. The number of methoxy groups -OCH3 is 2. The molecule has 0 radical (unpaired) electrons. The summed E-state index contributed by atoms with van der Waals surface area (Å²) in [4.78, 5) is 4.59. The number of hydrogen-bond donors (Lipinski definition) is 1. The molecule has 0 saturated heterocycles. The van der Waals surface area contributed by atoms with Gasteiger partial charge in [-0.25, -0.2) is 4.99 Å². The lowest BCUT2D eigenvalue weighted by Crippen LogP contribution is -2.25. The number of rotatable bonds is 4. The summed E-state index contributed by atoms with van der Waals surface area (Å²) in [5.41, 5.74) is 7.22. The first-order valence-electron chi connectivity index (χ1n) is 8.29. The first kappa shape index (κ1) is 16.8. The summed E-state index contributed by atoms with van der Waals surface area (Å²) in [6, 6.07) is 11.8. The van der Waals surface area contributed by atoms with Crippen LogP contribution in [0.4, 0.5) is 5.69 Å². The summed E-state index contributed by atoms with van der Waals surface area (Å²) in [5.74, 6) is 3.08. The zero-order valence-electron chi connectivity index (χ0n) is 14.6. The van der Waals surface area contributed by atoms with Crippen molar-refractivity contribution in [1.29, 1.82) is 0 Å². The number of amidine groups is 1. The fraction of sp³-hybridized carbons (Fsp3) is 0.263. The van der Waals surface area contributed by atoms with Crippen LogP contribution < -0.4 is 19.6 Å². The average Bonchev–Trinajstić information content (AvgIpc) is 3.16. The molecule has 0 atom stereocenters. The Morgan fingerprint density at radius 3 is 2.77 bits per heavy atom. The minimum absolute atomic E-state index is 0.653. The molecule has 2 aromatic carbocycles. The van der Waals surface area contributed by atoms with Crippen LogP contribution in [0.2, 0.25) is 0 Å². The molecule has 7 heteroatoms. The molecule has 2 heterocycles. The fourth-order valence-corrected chi connectivity index (χ4v) is 3.68. The number of hydrogen-bond acceptors (Lipinski definition) is 6. The van der Waals surface area contributed by atoms with Gasteiger partial charge in [0.05, 0.1) is 32.2 Å². The summed E-state index contributed by atoms with van der Waals surface area (Å²) < 4.78 is 16.1. The largest absolute Gasteiger partial charge is 0.493 e. The van der Waals surface area contributed by atoms with E-state index in [1.165, 1.54) is 5.56 Å². The van der Waals surface area contributed by atoms with Gasteiger partial charge in [0.2, 0.25) is 0 Å². The highest BCUT2D eigenvalue weighted by atomic mass is 32.2. The Morgan fingerprint density at radius 2 is 2.00 bits per heavy atom. The van der Waals surface area contributed by atoms with E-state index in [1.54, 1.807) is 26.0 Å². The predicted octanol–water partition coefficient (Wildman–Crippen LogP) is 3.37. The molecule has 0 amide bonds. The van der Waals surface area contributed by atoms with Crippen molar-refractivity contribution in [2.45, 2.75) is 6.42 Å². The van der Waals surface area contributed by atoms with Crippen LogP contribution in [0.25, 0.3) is 0 Å². The summed E-state index contributed by atoms with van der Waals surface area (Å²) in [6.07, 6.45) is 0.961. The second-order valence-electron chi connectivity index (χ2n) is 5.84. The monoisotopic (exact) mass is 369 g/mol. The second kappa shape index (κ2) is 7.29. The normalized spacial score (nSPS) is 17.2. The zero-order chi connectivity index (χ0) is 17.9. The maximum absolute atomic E-state index is 5.56. The summed E-state index contributed by atoms with van der Waals surface area (Å²) in [5, 5.41) is 5.25. The average molecular weight is 369 g/mol. The van der Waals surface area contributed by atoms with Crippen LogP contribution in [-0.2, 0) is 6.42 Å². The van der Waals surface area contributed by atoms with E-state index in [0.717, 1.165) is 46.7 Å². The van der Waals surface area contributed by atoms with Crippen molar-refractivity contribution < 1.29 is 14.2 Å². The number of fused-ring (bicyclic) bond motifs is 1.